The Morgan fingerprint density at radius 1 is 1.32 bits per heavy atom. The van der Waals surface area contributed by atoms with Gasteiger partial charge in [-0.15, -0.1) is 11.3 Å². The van der Waals surface area contributed by atoms with Crippen molar-refractivity contribution in [1.82, 2.24) is 10.4 Å². The summed E-state index contributed by atoms with van der Waals surface area (Å²) in [7, 11) is 0. The largest absolute Gasteiger partial charge is 0.397 e. The Bertz CT molecular complexity index is 873. The molecule has 0 saturated carbocycles. The number of nitrogen functional groups attached to an aromatic ring is 2. The molecule has 22 heavy (non-hydrogen) atoms. The summed E-state index contributed by atoms with van der Waals surface area (Å²) in [6.07, 6.45) is 0. The summed E-state index contributed by atoms with van der Waals surface area (Å²) in [5.74, 6) is 4.79. The number of anilines is 1. The number of benzene rings is 1. The zero-order chi connectivity index (χ0) is 15.9. The summed E-state index contributed by atoms with van der Waals surface area (Å²) in [5.41, 5.74) is 11.4. The van der Waals surface area contributed by atoms with Crippen molar-refractivity contribution in [2.24, 2.45) is 5.84 Å². The highest BCUT2D eigenvalue weighted by Gasteiger charge is 2.20. The highest BCUT2D eigenvalue weighted by molar-refractivity contribution is 7.21. The Hall–Kier alpha value is -2.15. The number of nitrogens with two attached hydrogens (primary N) is 2. The van der Waals surface area contributed by atoms with Crippen LogP contribution >= 0.6 is 22.9 Å². The Kier molecular flexibility index (Phi) is 3.74. The number of hydrazine groups is 1. The van der Waals surface area contributed by atoms with Gasteiger partial charge in [-0.1, -0.05) is 23.7 Å². The molecule has 0 radical (unpaired) electrons. The molecule has 3 aromatic rings. The van der Waals surface area contributed by atoms with Crippen LogP contribution in [-0.2, 0) is 0 Å². The molecule has 0 spiro atoms. The van der Waals surface area contributed by atoms with Crippen molar-refractivity contribution in [2.45, 2.75) is 6.92 Å². The number of carbonyl (C=O) groups excluding carboxylic acids is 1. The van der Waals surface area contributed by atoms with Gasteiger partial charge in [-0.2, -0.15) is 0 Å². The molecular weight excluding hydrogens is 320 g/mol. The number of hydrogen-bond acceptors (Lipinski definition) is 5. The molecule has 2 aromatic heterocycles. The van der Waals surface area contributed by atoms with E-state index < -0.39 is 5.91 Å². The molecule has 5 nitrogen and oxygen atoms in total. The second-order valence-electron chi connectivity index (χ2n) is 4.82. The molecular formula is C15H13ClN4OS. The Balaban J connectivity index is 2.32. The van der Waals surface area contributed by atoms with Crippen LogP contribution in [0.15, 0.2) is 30.3 Å². The van der Waals surface area contributed by atoms with Crippen molar-refractivity contribution in [1.29, 1.82) is 0 Å². The standard InChI is InChI=1S/C15H13ClN4OS/c1-7-6-10(8-2-4-9(16)5-3-8)11-12(17)13(14(21)20-18)22-15(11)19-7/h2-6H,17-18H2,1H3,(H,20,21). The van der Waals surface area contributed by atoms with Gasteiger partial charge >= 0.3 is 0 Å². The number of rotatable bonds is 2. The lowest BCUT2D eigenvalue weighted by Gasteiger charge is -2.06. The molecule has 112 valence electrons. The molecule has 7 heteroatoms. The van der Waals surface area contributed by atoms with Crippen molar-refractivity contribution < 1.29 is 4.79 Å². The van der Waals surface area contributed by atoms with Crippen molar-refractivity contribution in [3.05, 3.63) is 45.9 Å². The van der Waals surface area contributed by atoms with E-state index in [1.807, 2.05) is 37.3 Å². The first kappa shape index (κ1) is 14.8. The molecule has 0 bridgehead atoms. The number of nitrogens with one attached hydrogen (secondary N) is 1. The van der Waals surface area contributed by atoms with Crippen molar-refractivity contribution >= 4 is 44.7 Å². The molecule has 1 aromatic carbocycles. The van der Waals surface area contributed by atoms with E-state index in [9.17, 15) is 4.79 Å². The number of nitrogens with zero attached hydrogens (tertiary/aromatic N) is 1. The first-order valence-corrected chi connectivity index (χ1v) is 7.67. The van der Waals surface area contributed by atoms with E-state index in [1.165, 1.54) is 11.3 Å². The third-order valence-electron chi connectivity index (χ3n) is 3.32. The fourth-order valence-electron chi connectivity index (χ4n) is 2.34. The minimum atomic E-state index is -0.416. The second kappa shape index (κ2) is 5.57. The number of halogens is 1. The Labute approximate surface area is 135 Å². The van der Waals surface area contributed by atoms with Crippen LogP contribution in [0.25, 0.3) is 21.3 Å². The van der Waals surface area contributed by atoms with E-state index in [0.717, 1.165) is 22.2 Å². The monoisotopic (exact) mass is 332 g/mol. The van der Waals surface area contributed by atoms with E-state index in [-0.39, 0.29) is 0 Å². The predicted molar refractivity (Wildman–Crippen MR) is 90.9 cm³/mol. The van der Waals surface area contributed by atoms with Gasteiger partial charge in [0.2, 0.25) is 0 Å². The molecule has 0 aliphatic carbocycles. The fourth-order valence-corrected chi connectivity index (χ4v) is 3.53. The normalized spacial score (nSPS) is 10.9. The van der Waals surface area contributed by atoms with Gasteiger partial charge < -0.3 is 5.73 Å². The van der Waals surface area contributed by atoms with Gasteiger partial charge in [-0.05, 0) is 36.2 Å². The number of aromatic nitrogens is 1. The van der Waals surface area contributed by atoms with Crippen LogP contribution in [0.4, 0.5) is 5.69 Å². The molecule has 0 saturated heterocycles. The summed E-state index contributed by atoms with van der Waals surface area (Å²) in [6.45, 7) is 1.90. The molecule has 3 rings (SSSR count). The maximum Gasteiger partial charge on any atom is 0.277 e. The molecule has 0 atom stereocenters. The van der Waals surface area contributed by atoms with Crippen molar-refractivity contribution in [3.63, 3.8) is 0 Å². The third kappa shape index (κ3) is 2.41. The average Bonchev–Trinajstić information content (AvgIpc) is 2.83. The van der Waals surface area contributed by atoms with Gasteiger partial charge in [0.05, 0.1) is 5.69 Å². The zero-order valence-corrected chi connectivity index (χ0v) is 13.3. The number of pyridine rings is 1. The van der Waals surface area contributed by atoms with Crippen molar-refractivity contribution in [2.75, 3.05) is 5.73 Å². The highest BCUT2D eigenvalue weighted by atomic mass is 35.5. The highest BCUT2D eigenvalue weighted by Crippen LogP contribution is 2.39. The van der Waals surface area contributed by atoms with E-state index in [0.29, 0.717) is 20.4 Å². The number of carbonyl (C=O) groups is 1. The maximum absolute atomic E-state index is 11.8. The van der Waals surface area contributed by atoms with Crippen LogP contribution in [-0.4, -0.2) is 10.9 Å². The van der Waals surface area contributed by atoms with Crippen LogP contribution in [0.5, 0.6) is 0 Å². The first-order valence-electron chi connectivity index (χ1n) is 6.47. The second-order valence-corrected chi connectivity index (χ2v) is 6.25. The average molecular weight is 333 g/mol. The molecule has 0 unspecified atom stereocenters. The molecule has 0 aliphatic rings. The predicted octanol–water partition coefficient (Wildman–Crippen LogP) is 3.11. The first-order chi connectivity index (χ1) is 10.5. The van der Waals surface area contributed by atoms with E-state index in [4.69, 9.17) is 23.2 Å². The van der Waals surface area contributed by atoms with E-state index >= 15 is 0 Å². The lowest BCUT2D eigenvalue weighted by Crippen LogP contribution is -2.29. The van der Waals surface area contributed by atoms with Gasteiger partial charge in [0.1, 0.15) is 9.71 Å². The van der Waals surface area contributed by atoms with Gasteiger partial charge in [-0.25, -0.2) is 10.8 Å². The molecule has 2 heterocycles. The van der Waals surface area contributed by atoms with Gasteiger partial charge in [0.25, 0.3) is 5.91 Å². The van der Waals surface area contributed by atoms with Crippen LogP contribution in [0.2, 0.25) is 5.02 Å². The topological polar surface area (TPSA) is 94.0 Å². The van der Waals surface area contributed by atoms with Crippen molar-refractivity contribution in [3.8, 4) is 11.1 Å². The van der Waals surface area contributed by atoms with E-state index in [1.54, 1.807) is 0 Å². The molecule has 5 N–H and O–H groups in total. The fraction of sp³-hybridized carbons (Fsp3) is 0.0667. The summed E-state index contributed by atoms with van der Waals surface area (Å²) >= 11 is 7.17. The van der Waals surface area contributed by atoms with Gasteiger partial charge in [-0.3, -0.25) is 10.2 Å². The SMILES string of the molecule is Cc1cc(-c2ccc(Cl)cc2)c2c(N)c(C(=O)NN)sc2n1. The molecule has 1 amide bonds. The summed E-state index contributed by atoms with van der Waals surface area (Å²) in [4.78, 5) is 17.4. The minimum absolute atomic E-state index is 0.366. The number of thiophene rings is 1. The molecule has 0 fully saturated rings. The van der Waals surface area contributed by atoms with Crippen LogP contribution in [0, 0.1) is 6.92 Å². The summed E-state index contributed by atoms with van der Waals surface area (Å²) in [6, 6.07) is 9.40. The number of hydrogen-bond donors (Lipinski definition) is 3. The zero-order valence-electron chi connectivity index (χ0n) is 11.7. The number of fused-ring (bicyclic) bond motifs is 1. The van der Waals surface area contributed by atoms with Crippen LogP contribution in [0.1, 0.15) is 15.4 Å². The van der Waals surface area contributed by atoms with E-state index in [2.05, 4.69) is 10.4 Å². The van der Waals surface area contributed by atoms with Gasteiger partial charge in [0.15, 0.2) is 0 Å². The Morgan fingerprint density at radius 3 is 2.64 bits per heavy atom. The Morgan fingerprint density at radius 2 is 2.00 bits per heavy atom. The lowest BCUT2D eigenvalue weighted by atomic mass is 10.0. The summed E-state index contributed by atoms with van der Waals surface area (Å²) in [5, 5.41) is 1.42. The van der Waals surface area contributed by atoms with Crippen LogP contribution < -0.4 is 17.0 Å². The van der Waals surface area contributed by atoms with Crippen LogP contribution in [0.3, 0.4) is 0 Å². The third-order valence-corrected chi connectivity index (χ3v) is 4.67. The molecule has 0 aliphatic heterocycles. The maximum atomic E-state index is 11.8. The minimum Gasteiger partial charge on any atom is -0.397 e. The number of aryl methyl sites for hydroxylation is 1. The van der Waals surface area contributed by atoms with Gasteiger partial charge in [0, 0.05) is 16.1 Å². The summed E-state index contributed by atoms with van der Waals surface area (Å²) < 4.78 is 0. The quantitative estimate of drug-likeness (QED) is 0.382. The smallest absolute Gasteiger partial charge is 0.277 e. The lowest BCUT2D eigenvalue weighted by molar-refractivity contribution is 0.0958. The number of amides is 1.